The number of aliphatic hydroxyl groups excluding tert-OH is 1. The predicted molar refractivity (Wildman–Crippen MR) is 105 cm³/mol. The van der Waals surface area contributed by atoms with Gasteiger partial charge in [0.05, 0.1) is 12.7 Å². The molecule has 0 fully saturated rings. The summed E-state index contributed by atoms with van der Waals surface area (Å²) in [5, 5.41) is 12.9. The number of aliphatic hydroxyl groups is 1. The van der Waals surface area contributed by atoms with E-state index in [9.17, 15) is 9.90 Å². The maximum absolute atomic E-state index is 12.5. The molecule has 0 aliphatic rings. The second-order valence-corrected chi connectivity index (χ2v) is 6.95. The quantitative estimate of drug-likeness (QED) is 0.660. The van der Waals surface area contributed by atoms with Gasteiger partial charge >= 0.3 is 5.97 Å². The van der Waals surface area contributed by atoms with Gasteiger partial charge in [-0.1, -0.05) is 72.8 Å². The van der Waals surface area contributed by atoms with Gasteiger partial charge in [0.2, 0.25) is 0 Å². The highest BCUT2D eigenvalue weighted by molar-refractivity contribution is 5.87. The molecule has 0 saturated carbocycles. The lowest BCUT2D eigenvalue weighted by molar-refractivity contribution is -0.179. The molecule has 3 aromatic carbocycles. The van der Waals surface area contributed by atoms with Crippen LogP contribution in [0, 0.1) is 0 Å². The highest BCUT2D eigenvalue weighted by Crippen LogP contribution is 2.33. The number of carbonyl (C=O) groups is 1. The summed E-state index contributed by atoms with van der Waals surface area (Å²) in [5.41, 5.74) is 0.752. The van der Waals surface area contributed by atoms with Crippen molar-refractivity contribution in [3.05, 3.63) is 83.9 Å². The molecule has 4 nitrogen and oxygen atoms in total. The summed E-state index contributed by atoms with van der Waals surface area (Å²) in [6.07, 6.45) is -2.32. The van der Waals surface area contributed by atoms with Crippen molar-refractivity contribution >= 4 is 16.7 Å². The van der Waals surface area contributed by atoms with Crippen molar-refractivity contribution in [2.45, 2.75) is 31.7 Å². The molecule has 0 heterocycles. The van der Waals surface area contributed by atoms with Crippen LogP contribution in [-0.4, -0.2) is 24.3 Å². The monoisotopic (exact) mass is 364 g/mol. The topological polar surface area (TPSA) is 55.8 Å². The molecule has 3 aromatic rings. The molecule has 0 spiro atoms. The van der Waals surface area contributed by atoms with E-state index in [4.69, 9.17) is 9.47 Å². The number of carbonyl (C=O) groups excluding carboxylic acids is 1. The number of fused-ring (bicyclic) bond motifs is 1. The summed E-state index contributed by atoms with van der Waals surface area (Å²) in [6.45, 7) is 3.74. The molecule has 0 aliphatic heterocycles. The maximum atomic E-state index is 12.5. The molecule has 0 aliphatic carbocycles. The van der Waals surface area contributed by atoms with Gasteiger partial charge in [0, 0.05) is 0 Å². The minimum Gasteiger partial charge on any atom is -0.467 e. The zero-order chi connectivity index (χ0) is 19.4. The van der Waals surface area contributed by atoms with Gasteiger partial charge < -0.3 is 14.6 Å². The average molecular weight is 364 g/mol. The third-order valence-corrected chi connectivity index (χ3v) is 4.75. The molecular formula is C23H24O4. The minimum absolute atomic E-state index is 0.612. The van der Waals surface area contributed by atoms with Gasteiger partial charge in [-0.2, -0.15) is 0 Å². The van der Waals surface area contributed by atoms with E-state index in [0.717, 1.165) is 16.3 Å². The molecule has 140 valence electrons. The number of methoxy groups -OCH3 is 1. The average Bonchev–Trinajstić information content (AvgIpc) is 2.71. The van der Waals surface area contributed by atoms with Crippen LogP contribution >= 0.6 is 0 Å². The third kappa shape index (κ3) is 4.02. The van der Waals surface area contributed by atoms with Crippen LogP contribution in [0.3, 0.4) is 0 Å². The molecule has 1 N–H and O–H groups in total. The molecule has 0 radical (unpaired) electrons. The number of hydrogen-bond acceptors (Lipinski definition) is 4. The Morgan fingerprint density at radius 3 is 2.26 bits per heavy atom. The summed E-state index contributed by atoms with van der Waals surface area (Å²) in [4.78, 5) is 12.5. The van der Waals surface area contributed by atoms with Gasteiger partial charge in [0.1, 0.15) is 6.10 Å². The SMILES string of the molecule is COC(=O)[C@H](OC(C)(C)c1ccccc1)[C@@H](O)c1cccc2ccccc12. The summed E-state index contributed by atoms with van der Waals surface area (Å²) in [5.74, 6) is -0.612. The van der Waals surface area contributed by atoms with E-state index in [-0.39, 0.29) is 0 Å². The summed E-state index contributed by atoms with van der Waals surface area (Å²) < 4.78 is 11.0. The van der Waals surface area contributed by atoms with Crippen LogP contribution in [0.2, 0.25) is 0 Å². The molecule has 27 heavy (non-hydrogen) atoms. The smallest absolute Gasteiger partial charge is 0.338 e. The van der Waals surface area contributed by atoms with Gasteiger partial charge in [-0.25, -0.2) is 4.79 Å². The van der Waals surface area contributed by atoms with Crippen molar-refractivity contribution < 1.29 is 19.4 Å². The zero-order valence-corrected chi connectivity index (χ0v) is 15.8. The Bertz CT molecular complexity index is 913. The number of benzene rings is 3. The Hall–Kier alpha value is -2.69. The van der Waals surface area contributed by atoms with Crippen LogP contribution in [0.1, 0.15) is 31.1 Å². The van der Waals surface area contributed by atoms with E-state index in [0.29, 0.717) is 5.56 Å². The summed E-state index contributed by atoms with van der Waals surface area (Å²) in [7, 11) is 1.30. The fourth-order valence-electron chi connectivity index (χ4n) is 3.25. The highest BCUT2D eigenvalue weighted by atomic mass is 16.6. The van der Waals surface area contributed by atoms with Crippen LogP contribution in [0.15, 0.2) is 72.8 Å². The number of rotatable bonds is 6. The van der Waals surface area contributed by atoms with Crippen molar-refractivity contribution in [2.75, 3.05) is 7.11 Å². The normalized spacial score (nSPS) is 13.9. The fourth-order valence-corrected chi connectivity index (χ4v) is 3.25. The van der Waals surface area contributed by atoms with Crippen molar-refractivity contribution in [1.82, 2.24) is 0 Å². The maximum Gasteiger partial charge on any atom is 0.338 e. The Kier molecular flexibility index (Phi) is 5.59. The molecule has 0 bridgehead atoms. The molecule has 0 saturated heterocycles. The van der Waals surface area contributed by atoms with E-state index in [1.165, 1.54) is 7.11 Å². The van der Waals surface area contributed by atoms with Crippen LogP contribution in [0.4, 0.5) is 0 Å². The van der Waals surface area contributed by atoms with Crippen molar-refractivity contribution in [3.63, 3.8) is 0 Å². The Morgan fingerprint density at radius 2 is 1.56 bits per heavy atom. The number of hydrogen-bond donors (Lipinski definition) is 1. The highest BCUT2D eigenvalue weighted by Gasteiger charge is 2.36. The largest absolute Gasteiger partial charge is 0.467 e. The van der Waals surface area contributed by atoms with Crippen molar-refractivity contribution in [2.24, 2.45) is 0 Å². The Labute approximate surface area is 159 Å². The lowest BCUT2D eigenvalue weighted by Crippen LogP contribution is -2.38. The second-order valence-electron chi connectivity index (χ2n) is 6.95. The zero-order valence-electron chi connectivity index (χ0n) is 15.8. The van der Waals surface area contributed by atoms with E-state index in [1.807, 2.05) is 86.6 Å². The van der Waals surface area contributed by atoms with Crippen molar-refractivity contribution in [1.29, 1.82) is 0 Å². The molecule has 2 atom stereocenters. The third-order valence-electron chi connectivity index (χ3n) is 4.75. The molecule has 4 heteroatoms. The van der Waals surface area contributed by atoms with Gasteiger partial charge in [0.25, 0.3) is 0 Å². The standard InChI is InChI=1S/C23H24O4/c1-23(2,17-12-5-4-6-13-17)27-21(22(25)26-3)20(24)19-15-9-11-16-10-7-8-14-18(16)19/h4-15,20-21,24H,1-3H3/t20-,21+/m0/s1. The van der Waals surface area contributed by atoms with Crippen LogP contribution < -0.4 is 0 Å². The second kappa shape index (κ2) is 7.91. The van der Waals surface area contributed by atoms with Crippen LogP contribution in [0.25, 0.3) is 10.8 Å². The lowest BCUT2D eigenvalue weighted by atomic mass is 9.95. The number of ether oxygens (including phenoxy) is 2. The van der Waals surface area contributed by atoms with Gasteiger partial charge in [-0.15, -0.1) is 0 Å². The first-order valence-corrected chi connectivity index (χ1v) is 8.91. The first-order chi connectivity index (χ1) is 12.9. The van der Waals surface area contributed by atoms with E-state index in [1.54, 1.807) is 0 Å². The lowest BCUT2D eigenvalue weighted by Gasteiger charge is -2.32. The molecular weight excluding hydrogens is 340 g/mol. The van der Waals surface area contributed by atoms with Crippen LogP contribution in [-0.2, 0) is 19.9 Å². The molecule has 0 unspecified atom stereocenters. The first-order valence-electron chi connectivity index (χ1n) is 8.91. The van der Waals surface area contributed by atoms with E-state index in [2.05, 4.69) is 0 Å². The predicted octanol–water partition coefficient (Wildman–Crippen LogP) is 4.37. The van der Waals surface area contributed by atoms with E-state index < -0.39 is 23.8 Å². The fraction of sp³-hybridized carbons (Fsp3) is 0.261. The summed E-state index contributed by atoms with van der Waals surface area (Å²) >= 11 is 0. The minimum atomic E-state index is -1.16. The molecule has 3 rings (SSSR count). The Balaban J connectivity index is 1.98. The Morgan fingerprint density at radius 1 is 0.926 bits per heavy atom. The van der Waals surface area contributed by atoms with Gasteiger partial charge in [-0.05, 0) is 35.7 Å². The molecule has 0 amide bonds. The van der Waals surface area contributed by atoms with Crippen molar-refractivity contribution in [3.8, 4) is 0 Å². The summed E-state index contributed by atoms with van der Waals surface area (Å²) in [6, 6.07) is 23.0. The van der Waals surface area contributed by atoms with Gasteiger partial charge in [-0.3, -0.25) is 0 Å². The van der Waals surface area contributed by atoms with Crippen LogP contribution in [0.5, 0.6) is 0 Å². The van der Waals surface area contributed by atoms with E-state index >= 15 is 0 Å². The van der Waals surface area contributed by atoms with Gasteiger partial charge in [0.15, 0.2) is 6.10 Å². The number of esters is 1. The molecule has 0 aromatic heterocycles. The first kappa shape index (κ1) is 19.1.